The summed E-state index contributed by atoms with van der Waals surface area (Å²) in [6, 6.07) is -0.834. The van der Waals surface area contributed by atoms with Gasteiger partial charge in [-0.15, -0.1) is 0 Å². The second-order valence-electron chi connectivity index (χ2n) is 16.1. The van der Waals surface area contributed by atoms with Gasteiger partial charge in [0.1, 0.15) is 24.4 Å². The molecule has 0 bridgehead atoms. The third-order valence-electron chi connectivity index (χ3n) is 10.6. The number of aliphatic hydroxyl groups is 5. The number of hydrogen-bond donors (Lipinski definition) is 6. The van der Waals surface area contributed by atoms with Crippen molar-refractivity contribution in [1.82, 2.24) is 5.32 Å². The molecule has 0 aromatic carbocycles. The smallest absolute Gasteiger partial charge is 0.220 e. The summed E-state index contributed by atoms with van der Waals surface area (Å²) in [5.41, 5.74) is 0. The van der Waals surface area contributed by atoms with E-state index in [1.807, 2.05) is 6.08 Å². The Balaban J connectivity index is 2.25. The number of amides is 1. The summed E-state index contributed by atoms with van der Waals surface area (Å²) >= 11 is 0. The number of ether oxygens (including phenoxy) is 2. The molecule has 1 heterocycles. The van der Waals surface area contributed by atoms with E-state index in [1.165, 1.54) is 44.9 Å². The van der Waals surface area contributed by atoms with E-state index in [2.05, 4.69) is 104 Å². The maximum atomic E-state index is 13.0. The number of aliphatic hydroxyl groups excluding tert-OH is 5. The Bertz CT molecular complexity index is 1270. The van der Waals surface area contributed by atoms with Gasteiger partial charge in [0.15, 0.2) is 6.29 Å². The average molecular weight is 854 g/mol. The van der Waals surface area contributed by atoms with Gasteiger partial charge in [-0.2, -0.15) is 0 Å². The molecule has 0 aliphatic carbocycles. The fourth-order valence-corrected chi connectivity index (χ4v) is 6.81. The molecule has 0 saturated carbocycles. The van der Waals surface area contributed by atoms with Gasteiger partial charge < -0.3 is 40.3 Å². The van der Waals surface area contributed by atoms with Crippen molar-refractivity contribution in [3.63, 3.8) is 0 Å². The molecule has 0 spiro atoms. The number of unbranched alkanes of at least 4 members (excludes halogenated alkanes) is 14. The van der Waals surface area contributed by atoms with Gasteiger partial charge >= 0.3 is 0 Å². The maximum absolute atomic E-state index is 13.0. The molecule has 0 aromatic rings. The molecule has 1 aliphatic rings. The molecule has 7 unspecified atom stereocenters. The summed E-state index contributed by atoms with van der Waals surface area (Å²) in [5.74, 6) is -0.202. The van der Waals surface area contributed by atoms with Gasteiger partial charge in [-0.05, 0) is 83.5 Å². The van der Waals surface area contributed by atoms with Crippen molar-refractivity contribution >= 4 is 5.91 Å². The van der Waals surface area contributed by atoms with Crippen LogP contribution in [-0.2, 0) is 14.3 Å². The Kier molecular flexibility index (Phi) is 37.9. The van der Waals surface area contributed by atoms with Crippen LogP contribution in [0.15, 0.2) is 97.2 Å². The minimum absolute atomic E-state index is 0.202. The van der Waals surface area contributed by atoms with Gasteiger partial charge in [-0.1, -0.05) is 175 Å². The standard InChI is InChI=1S/C52H87NO8/c1-3-5-7-9-11-13-15-16-17-18-19-20-21-22-23-24-25-26-27-28-29-30-32-34-36-38-40-42-48(56)53-45(44-60-52-51(59)50(58)49(57)47(43-54)61-52)46(55)41-39-37-35-33-31-14-12-10-8-6-4-2/h5,7-8,10-11,13,16-17,19-20,22-23,31,33,39,41,45-47,49-52,54-55,57-59H,3-4,6,9,12,14-15,18,21,24-30,32,34-38,40,42-44H2,1-2H3,(H,53,56)/b7-5-,10-8+,13-11-,17-16-,20-19-,23-22-,33-31+,41-39+. The fraction of sp³-hybridized carbons (Fsp3) is 0.673. The molecule has 0 radical (unpaired) electrons. The first-order valence-corrected chi connectivity index (χ1v) is 24.0. The molecule has 9 heteroatoms. The largest absolute Gasteiger partial charge is 0.394 e. The molecular weight excluding hydrogens is 767 g/mol. The van der Waals surface area contributed by atoms with Crippen LogP contribution in [-0.4, -0.2) is 87.5 Å². The van der Waals surface area contributed by atoms with E-state index in [0.29, 0.717) is 6.42 Å². The number of carbonyl (C=O) groups excluding carboxylic acids is 1. The predicted molar refractivity (Wildman–Crippen MR) is 253 cm³/mol. The zero-order valence-electron chi connectivity index (χ0n) is 38.1. The zero-order valence-corrected chi connectivity index (χ0v) is 38.1. The third-order valence-corrected chi connectivity index (χ3v) is 10.6. The molecule has 1 fully saturated rings. The van der Waals surface area contributed by atoms with Crippen molar-refractivity contribution in [2.24, 2.45) is 0 Å². The highest BCUT2D eigenvalue weighted by Crippen LogP contribution is 2.22. The minimum atomic E-state index is -1.58. The van der Waals surface area contributed by atoms with Gasteiger partial charge in [-0.25, -0.2) is 0 Å². The van der Waals surface area contributed by atoms with Crippen LogP contribution in [0.3, 0.4) is 0 Å². The molecule has 7 atom stereocenters. The number of hydrogen-bond acceptors (Lipinski definition) is 8. The van der Waals surface area contributed by atoms with E-state index in [1.54, 1.807) is 6.08 Å². The zero-order chi connectivity index (χ0) is 44.4. The summed E-state index contributed by atoms with van der Waals surface area (Å²) in [7, 11) is 0. The maximum Gasteiger partial charge on any atom is 0.220 e. The van der Waals surface area contributed by atoms with Crippen LogP contribution in [0.5, 0.6) is 0 Å². The Hall–Kier alpha value is -2.89. The van der Waals surface area contributed by atoms with Crippen LogP contribution in [0.4, 0.5) is 0 Å². The monoisotopic (exact) mass is 854 g/mol. The number of allylic oxidation sites excluding steroid dienone is 15. The molecule has 61 heavy (non-hydrogen) atoms. The van der Waals surface area contributed by atoms with Crippen molar-refractivity contribution in [3.8, 4) is 0 Å². The summed E-state index contributed by atoms with van der Waals surface area (Å²) in [6.07, 6.45) is 51.8. The average Bonchev–Trinajstić information content (AvgIpc) is 3.26. The lowest BCUT2D eigenvalue weighted by molar-refractivity contribution is -0.302. The van der Waals surface area contributed by atoms with Crippen molar-refractivity contribution < 1.29 is 39.8 Å². The van der Waals surface area contributed by atoms with E-state index in [9.17, 15) is 30.3 Å². The normalized spacial score (nSPS) is 21.3. The first-order valence-electron chi connectivity index (χ1n) is 24.0. The highest BCUT2D eigenvalue weighted by Gasteiger charge is 2.44. The van der Waals surface area contributed by atoms with E-state index in [0.717, 1.165) is 103 Å². The quantitative estimate of drug-likeness (QED) is 0.0266. The van der Waals surface area contributed by atoms with Gasteiger partial charge in [-0.3, -0.25) is 4.79 Å². The van der Waals surface area contributed by atoms with Crippen LogP contribution in [0.1, 0.15) is 168 Å². The summed E-state index contributed by atoms with van der Waals surface area (Å²) in [6.45, 7) is 3.54. The second kappa shape index (κ2) is 41.1. The van der Waals surface area contributed by atoms with E-state index < -0.39 is 49.5 Å². The van der Waals surface area contributed by atoms with Crippen molar-refractivity contribution in [2.45, 2.75) is 211 Å². The van der Waals surface area contributed by atoms with Gasteiger partial charge in [0.2, 0.25) is 5.91 Å². The Labute approximate surface area is 371 Å². The first-order chi connectivity index (χ1) is 29.8. The highest BCUT2D eigenvalue weighted by atomic mass is 16.7. The summed E-state index contributed by atoms with van der Waals surface area (Å²) in [4.78, 5) is 13.0. The molecule has 0 aromatic heterocycles. The third kappa shape index (κ3) is 31.6. The fourth-order valence-electron chi connectivity index (χ4n) is 6.81. The Morgan fingerprint density at radius 1 is 0.574 bits per heavy atom. The van der Waals surface area contributed by atoms with E-state index in [-0.39, 0.29) is 12.5 Å². The Morgan fingerprint density at radius 2 is 1.03 bits per heavy atom. The topological polar surface area (TPSA) is 149 Å². The van der Waals surface area contributed by atoms with E-state index in [4.69, 9.17) is 9.47 Å². The summed E-state index contributed by atoms with van der Waals surface area (Å²) in [5, 5.41) is 54.1. The number of carbonyl (C=O) groups is 1. The van der Waals surface area contributed by atoms with Crippen LogP contribution < -0.4 is 5.32 Å². The van der Waals surface area contributed by atoms with Crippen LogP contribution in [0.2, 0.25) is 0 Å². The highest BCUT2D eigenvalue weighted by molar-refractivity contribution is 5.76. The predicted octanol–water partition coefficient (Wildman–Crippen LogP) is 10.5. The molecular formula is C52H87NO8. The second-order valence-corrected chi connectivity index (χ2v) is 16.1. The number of rotatable bonds is 38. The van der Waals surface area contributed by atoms with Gasteiger partial charge in [0, 0.05) is 6.42 Å². The van der Waals surface area contributed by atoms with Crippen molar-refractivity contribution in [2.75, 3.05) is 13.2 Å². The molecule has 9 nitrogen and oxygen atoms in total. The SMILES string of the molecule is CC/C=C\C/C=C\C/C=C\C/C=C\C/C=C\CCCCCCCCCCCCCC(=O)NC(COC1OC(CO)C(O)C(O)C1O)C(O)/C=C/CC/C=C/CC/C=C/CCC. The van der Waals surface area contributed by atoms with Crippen LogP contribution >= 0.6 is 0 Å². The van der Waals surface area contributed by atoms with Crippen LogP contribution in [0, 0.1) is 0 Å². The van der Waals surface area contributed by atoms with Gasteiger partial charge in [0.25, 0.3) is 0 Å². The number of nitrogens with one attached hydrogen (secondary N) is 1. The lowest BCUT2D eigenvalue weighted by atomic mass is 9.99. The Morgan fingerprint density at radius 3 is 1.56 bits per heavy atom. The van der Waals surface area contributed by atoms with Crippen molar-refractivity contribution in [3.05, 3.63) is 97.2 Å². The molecule has 1 saturated heterocycles. The summed E-state index contributed by atoms with van der Waals surface area (Å²) < 4.78 is 11.2. The van der Waals surface area contributed by atoms with Crippen LogP contribution in [0.25, 0.3) is 0 Å². The van der Waals surface area contributed by atoms with Crippen molar-refractivity contribution in [1.29, 1.82) is 0 Å². The first kappa shape index (κ1) is 56.1. The lowest BCUT2D eigenvalue weighted by Crippen LogP contribution is -2.60. The van der Waals surface area contributed by atoms with E-state index >= 15 is 0 Å². The molecule has 6 N–H and O–H groups in total. The molecule has 1 rings (SSSR count). The lowest BCUT2D eigenvalue weighted by Gasteiger charge is -2.40. The van der Waals surface area contributed by atoms with Gasteiger partial charge in [0.05, 0.1) is 25.4 Å². The molecule has 1 amide bonds. The molecule has 348 valence electrons. The minimum Gasteiger partial charge on any atom is -0.394 e. The molecule has 1 aliphatic heterocycles.